The SMILES string of the molecule is COC(=O)NC(C(=O)C(C)S)C(C)OC. The van der Waals surface area contributed by atoms with Gasteiger partial charge < -0.3 is 14.8 Å². The number of rotatable bonds is 5. The van der Waals surface area contributed by atoms with Gasteiger partial charge in [-0.3, -0.25) is 4.79 Å². The molecular formula is C9H17NO4S. The Hall–Kier alpha value is -0.750. The number of hydrogen-bond donors (Lipinski definition) is 2. The zero-order valence-corrected chi connectivity index (χ0v) is 10.2. The number of ketones is 1. The second-order valence-corrected chi connectivity index (χ2v) is 3.91. The molecule has 0 radical (unpaired) electrons. The normalized spacial score (nSPS) is 16.3. The average molecular weight is 235 g/mol. The minimum atomic E-state index is -0.741. The molecule has 3 atom stereocenters. The van der Waals surface area contributed by atoms with Gasteiger partial charge in [-0.25, -0.2) is 4.79 Å². The average Bonchev–Trinajstić information content (AvgIpc) is 2.23. The van der Waals surface area contributed by atoms with Gasteiger partial charge in [-0.2, -0.15) is 12.6 Å². The molecule has 0 aliphatic heterocycles. The van der Waals surface area contributed by atoms with E-state index in [2.05, 4.69) is 22.7 Å². The highest BCUT2D eigenvalue weighted by atomic mass is 32.1. The first-order valence-electron chi connectivity index (χ1n) is 4.53. The first-order chi connectivity index (χ1) is 6.93. The van der Waals surface area contributed by atoms with Crippen LogP contribution in [-0.4, -0.2) is 43.5 Å². The van der Waals surface area contributed by atoms with E-state index in [0.29, 0.717) is 0 Å². The molecule has 6 heteroatoms. The first kappa shape index (κ1) is 14.2. The lowest BCUT2D eigenvalue weighted by Crippen LogP contribution is -2.50. The molecule has 0 aromatic carbocycles. The predicted molar refractivity (Wildman–Crippen MR) is 59.3 cm³/mol. The zero-order chi connectivity index (χ0) is 12.0. The van der Waals surface area contributed by atoms with Gasteiger partial charge in [0.15, 0.2) is 5.78 Å². The molecule has 0 aromatic heterocycles. The minimum Gasteiger partial charge on any atom is -0.453 e. The van der Waals surface area contributed by atoms with Gasteiger partial charge in [0.1, 0.15) is 6.04 Å². The first-order valence-corrected chi connectivity index (χ1v) is 5.04. The molecule has 15 heavy (non-hydrogen) atoms. The van der Waals surface area contributed by atoms with Crippen LogP contribution in [0.5, 0.6) is 0 Å². The van der Waals surface area contributed by atoms with Crippen molar-refractivity contribution in [3.05, 3.63) is 0 Å². The van der Waals surface area contributed by atoms with Gasteiger partial charge in [-0.05, 0) is 13.8 Å². The Kier molecular flexibility index (Phi) is 6.35. The van der Waals surface area contributed by atoms with Crippen molar-refractivity contribution in [1.29, 1.82) is 0 Å². The van der Waals surface area contributed by atoms with Crippen LogP contribution in [0.1, 0.15) is 13.8 Å². The number of Topliss-reactive ketones (excluding diaryl/α,β-unsaturated/α-hetero) is 1. The Labute approximate surface area is 94.9 Å². The fraction of sp³-hybridized carbons (Fsp3) is 0.778. The zero-order valence-electron chi connectivity index (χ0n) is 9.31. The Bertz CT molecular complexity index is 232. The van der Waals surface area contributed by atoms with Gasteiger partial charge in [0.25, 0.3) is 0 Å². The third kappa shape index (κ3) is 4.53. The number of thiol groups is 1. The number of carbonyl (C=O) groups is 2. The molecule has 1 amide bonds. The molecule has 1 N–H and O–H groups in total. The molecule has 0 saturated heterocycles. The summed E-state index contributed by atoms with van der Waals surface area (Å²) in [5, 5.41) is 1.95. The summed E-state index contributed by atoms with van der Waals surface area (Å²) in [6.45, 7) is 3.33. The molecule has 5 nitrogen and oxygen atoms in total. The summed E-state index contributed by atoms with van der Waals surface area (Å²) in [6, 6.07) is -0.741. The second kappa shape index (κ2) is 6.68. The van der Waals surface area contributed by atoms with E-state index in [4.69, 9.17) is 4.74 Å². The van der Waals surface area contributed by atoms with E-state index in [1.807, 2.05) is 0 Å². The van der Waals surface area contributed by atoms with Crippen molar-refractivity contribution in [1.82, 2.24) is 5.32 Å². The molecular weight excluding hydrogens is 218 g/mol. The highest BCUT2D eigenvalue weighted by Gasteiger charge is 2.29. The fourth-order valence-corrected chi connectivity index (χ4v) is 1.16. The molecule has 0 aromatic rings. The molecule has 0 saturated carbocycles. The lowest BCUT2D eigenvalue weighted by atomic mass is 10.1. The molecule has 0 aliphatic carbocycles. The molecule has 0 heterocycles. The minimum absolute atomic E-state index is 0.210. The largest absolute Gasteiger partial charge is 0.453 e. The standard InChI is InChI=1S/C9H17NO4S/c1-5(13-3)7(8(11)6(2)15)10-9(12)14-4/h5-7,15H,1-4H3,(H,10,12). The Morgan fingerprint density at radius 3 is 2.13 bits per heavy atom. The van der Waals surface area contributed by atoms with E-state index in [-0.39, 0.29) is 5.78 Å². The van der Waals surface area contributed by atoms with Gasteiger partial charge >= 0.3 is 6.09 Å². The van der Waals surface area contributed by atoms with Crippen LogP contribution in [0.2, 0.25) is 0 Å². The van der Waals surface area contributed by atoms with Crippen LogP contribution < -0.4 is 5.32 Å². The summed E-state index contributed by atoms with van der Waals surface area (Å²) < 4.78 is 9.43. The number of hydrogen-bond acceptors (Lipinski definition) is 5. The summed E-state index contributed by atoms with van der Waals surface area (Å²) >= 11 is 4.02. The van der Waals surface area contributed by atoms with E-state index in [9.17, 15) is 9.59 Å². The van der Waals surface area contributed by atoms with E-state index in [0.717, 1.165) is 0 Å². The maximum Gasteiger partial charge on any atom is 0.407 e. The van der Waals surface area contributed by atoms with Gasteiger partial charge in [-0.1, -0.05) is 0 Å². The Balaban J connectivity index is 4.58. The van der Waals surface area contributed by atoms with Crippen LogP contribution in [0.3, 0.4) is 0 Å². The summed E-state index contributed by atoms with van der Waals surface area (Å²) in [6.07, 6.45) is -1.09. The highest BCUT2D eigenvalue weighted by Crippen LogP contribution is 2.06. The molecule has 0 bridgehead atoms. The topological polar surface area (TPSA) is 64.6 Å². The van der Waals surface area contributed by atoms with E-state index in [1.165, 1.54) is 14.2 Å². The van der Waals surface area contributed by atoms with Crippen molar-refractivity contribution in [2.75, 3.05) is 14.2 Å². The molecule has 88 valence electrons. The van der Waals surface area contributed by atoms with Gasteiger partial charge in [0, 0.05) is 7.11 Å². The van der Waals surface area contributed by atoms with Crippen LogP contribution in [0.4, 0.5) is 4.79 Å². The van der Waals surface area contributed by atoms with Crippen molar-refractivity contribution >= 4 is 24.5 Å². The van der Waals surface area contributed by atoms with Gasteiger partial charge in [-0.15, -0.1) is 0 Å². The lowest BCUT2D eigenvalue weighted by Gasteiger charge is -2.23. The van der Waals surface area contributed by atoms with Crippen molar-refractivity contribution in [3.8, 4) is 0 Å². The van der Waals surface area contributed by atoms with Crippen LogP contribution in [0.25, 0.3) is 0 Å². The monoisotopic (exact) mass is 235 g/mol. The molecule has 0 rings (SSSR count). The van der Waals surface area contributed by atoms with Crippen molar-refractivity contribution in [2.24, 2.45) is 0 Å². The van der Waals surface area contributed by atoms with Crippen molar-refractivity contribution in [3.63, 3.8) is 0 Å². The smallest absolute Gasteiger partial charge is 0.407 e. The van der Waals surface area contributed by atoms with E-state index in [1.54, 1.807) is 13.8 Å². The summed E-state index contributed by atoms with van der Waals surface area (Å²) in [7, 11) is 2.70. The van der Waals surface area contributed by atoms with E-state index < -0.39 is 23.5 Å². The van der Waals surface area contributed by atoms with Crippen LogP contribution in [-0.2, 0) is 14.3 Å². The predicted octanol–water partition coefficient (Wildman–Crippen LogP) is 0.633. The summed E-state index contributed by atoms with van der Waals surface area (Å²) in [5.74, 6) is -0.210. The van der Waals surface area contributed by atoms with Gasteiger partial charge in [0.2, 0.25) is 0 Å². The van der Waals surface area contributed by atoms with Crippen LogP contribution in [0, 0.1) is 0 Å². The Morgan fingerprint density at radius 1 is 1.27 bits per heavy atom. The molecule has 0 fully saturated rings. The summed E-state index contributed by atoms with van der Waals surface area (Å²) in [4.78, 5) is 22.7. The molecule has 3 unspecified atom stereocenters. The van der Waals surface area contributed by atoms with E-state index >= 15 is 0 Å². The van der Waals surface area contributed by atoms with Crippen molar-refractivity contribution in [2.45, 2.75) is 31.2 Å². The second-order valence-electron chi connectivity index (χ2n) is 3.13. The molecule has 0 spiro atoms. The van der Waals surface area contributed by atoms with Crippen molar-refractivity contribution < 1.29 is 19.1 Å². The maximum atomic E-state index is 11.7. The van der Waals surface area contributed by atoms with Gasteiger partial charge in [0.05, 0.1) is 18.5 Å². The fourth-order valence-electron chi connectivity index (χ4n) is 1.00. The number of ether oxygens (including phenoxy) is 2. The third-order valence-corrected chi connectivity index (χ3v) is 2.27. The number of methoxy groups -OCH3 is 2. The summed E-state index contributed by atoms with van der Waals surface area (Å²) in [5.41, 5.74) is 0. The third-order valence-electron chi connectivity index (χ3n) is 2.02. The molecule has 0 aliphatic rings. The number of amides is 1. The highest BCUT2D eigenvalue weighted by molar-refractivity contribution is 7.81. The van der Waals surface area contributed by atoms with Crippen LogP contribution in [0.15, 0.2) is 0 Å². The number of carbonyl (C=O) groups excluding carboxylic acids is 2. The quantitative estimate of drug-likeness (QED) is 0.686. The maximum absolute atomic E-state index is 11.7. The number of alkyl carbamates (subject to hydrolysis) is 1. The Morgan fingerprint density at radius 2 is 1.80 bits per heavy atom. The lowest BCUT2D eigenvalue weighted by molar-refractivity contribution is -0.123. The van der Waals surface area contributed by atoms with Crippen LogP contribution >= 0.6 is 12.6 Å². The number of nitrogens with one attached hydrogen (secondary N) is 1.